The van der Waals surface area contributed by atoms with Crippen molar-refractivity contribution in [3.63, 3.8) is 0 Å². The van der Waals surface area contributed by atoms with Gasteiger partial charge in [-0.25, -0.2) is 4.39 Å². The minimum absolute atomic E-state index is 0.0561. The van der Waals surface area contributed by atoms with Crippen LogP contribution in [0, 0.1) is 11.7 Å². The lowest BCUT2D eigenvalue weighted by atomic mass is 9.95. The van der Waals surface area contributed by atoms with Gasteiger partial charge in [0, 0.05) is 25.0 Å². The first-order valence-electron chi connectivity index (χ1n) is 6.44. The highest BCUT2D eigenvalue weighted by molar-refractivity contribution is 5.80. The highest BCUT2D eigenvalue weighted by Crippen LogP contribution is 2.47. The molecule has 3 rings (SSSR count). The molecule has 0 atom stereocenters. The Labute approximate surface area is 106 Å². The maximum Gasteiger partial charge on any atom is 0.225 e. The SMILES string of the molecule is O=C(NCC1(c2ccc(F)cc2)CC1)C1CNC1. The van der Waals surface area contributed by atoms with Crippen molar-refractivity contribution in [1.29, 1.82) is 0 Å². The number of nitrogens with one attached hydrogen (secondary N) is 2. The van der Waals surface area contributed by atoms with Gasteiger partial charge >= 0.3 is 0 Å². The van der Waals surface area contributed by atoms with Crippen molar-refractivity contribution < 1.29 is 9.18 Å². The average molecular weight is 248 g/mol. The molecular weight excluding hydrogens is 231 g/mol. The van der Waals surface area contributed by atoms with E-state index in [1.165, 1.54) is 12.1 Å². The minimum atomic E-state index is -0.209. The molecule has 0 radical (unpaired) electrons. The zero-order valence-corrected chi connectivity index (χ0v) is 10.2. The van der Waals surface area contributed by atoms with E-state index in [0.717, 1.165) is 31.5 Å². The van der Waals surface area contributed by atoms with Gasteiger partial charge in [0.1, 0.15) is 5.82 Å². The average Bonchev–Trinajstić information content (AvgIpc) is 3.06. The van der Waals surface area contributed by atoms with Crippen molar-refractivity contribution in [1.82, 2.24) is 10.6 Å². The highest BCUT2D eigenvalue weighted by atomic mass is 19.1. The van der Waals surface area contributed by atoms with Gasteiger partial charge in [0.05, 0.1) is 5.92 Å². The molecule has 1 aliphatic heterocycles. The van der Waals surface area contributed by atoms with Crippen LogP contribution in [0.25, 0.3) is 0 Å². The molecule has 2 N–H and O–H groups in total. The Morgan fingerprint density at radius 3 is 2.50 bits per heavy atom. The summed E-state index contributed by atoms with van der Waals surface area (Å²) >= 11 is 0. The van der Waals surface area contributed by atoms with Crippen molar-refractivity contribution in [2.45, 2.75) is 18.3 Å². The van der Waals surface area contributed by atoms with Crippen LogP contribution < -0.4 is 10.6 Å². The minimum Gasteiger partial charge on any atom is -0.355 e. The lowest BCUT2D eigenvalue weighted by Gasteiger charge is -2.27. The summed E-state index contributed by atoms with van der Waals surface area (Å²) < 4.78 is 12.9. The summed E-state index contributed by atoms with van der Waals surface area (Å²) in [5.41, 5.74) is 1.19. The number of carbonyl (C=O) groups is 1. The third kappa shape index (κ3) is 2.12. The van der Waals surface area contributed by atoms with E-state index in [4.69, 9.17) is 0 Å². The van der Waals surface area contributed by atoms with Gasteiger partial charge in [0.2, 0.25) is 5.91 Å². The summed E-state index contributed by atoms with van der Waals surface area (Å²) in [6.45, 7) is 2.25. The molecule has 0 aromatic heterocycles. The highest BCUT2D eigenvalue weighted by Gasteiger charge is 2.44. The fraction of sp³-hybridized carbons (Fsp3) is 0.500. The normalized spacial score (nSPS) is 21.2. The van der Waals surface area contributed by atoms with Crippen LogP contribution >= 0.6 is 0 Å². The second-order valence-electron chi connectivity index (χ2n) is 5.36. The smallest absolute Gasteiger partial charge is 0.225 e. The van der Waals surface area contributed by atoms with Crippen molar-refractivity contribution >= 4 is 5.91 Å². The summed E-state index contributed by atoms with van der Waals surface area (Å²) in [4.78, 5) is 11.8. The number of rotatable bonds is 4. The summed E-state index contributed by atoms with van der Waals surface area (Å²) in [5, 5.41) is 6.12. The Balaban J connectivity index is 1.61. The van der Waals surface area contributed by atoms with Crippen LogP contribution in [0.1, 0.15) is 18.4 Å². The molecule has 96 valence electrons. The number of hydrogen-bond donors (Lipinski definition) is 2. The number of amides is 1. The summed E-state index contributed by atoms with van der Waals surface area (Å²) in [6.07, 6.45) is 2.14. The maximum atomic E-state index is 12.9. The summed E-state index contributed by atoms with van der Waals surface area (Å²) in [5.74, 6) is 0.0651. The van der Waals surface area contributed by atoms with Crippen LogP contribution in [0.2, 0.25) is 0 Å². The van der Waals surface area contributed by atoms with Crippen LogP contribution in [0.15, 0.2) is 24.3 Å². The van der Waals surface area contributed by atoms with Gasteiger partial charge in [-0.05, 0) is 30.5 Å². The van der Waals surface area contributed by atoms with Crippen molar-refractivity contribution in [3.8, 4) is 0 Å². The van der Waals surface area contributed by atoms with E-state index in [2.05, 4.69) is 10.6 Å². The van der Waals surface area contributed by atoms with Crippen molar-refractivity contribution in [2.24, 2.45) is 5.92 Å². The molecule has 1 aromatic carbocycles. The molecule has 1 saturated carbocycles. The number of carbonyl (C=O) groups excluding carboxylic acids is 1. The molecule has 1 aliphatic carbocycles. The van der Waals surface area contributed by atoms with Gasteiger partial charge in [0.15, 0.2) is 0 Å². The van der Waals surface area contributed by atoms with Gasteiger partial charge in [-0.1, -0.05) is 12.1 Å². The van der Waals surface area contributed by atoms with E-state index < -0.39 is 0 Å². The number of benzene rings is 1. The molecule has 1 saturated heterocycles. The van der Waals surface area contributed by atoms with E-state index in [1.807, 2.05) is 12.1 Å². The third-order valence-corrected chi connectivity index (χ3v) is 4.06. The van der Waals surface area contributed by atoms with Crippen LogP contribution in [0.4, 0.5) is 4.39 Å². The third-order valence-electron chi connectivity index (χ3n) is 4.06. The molecule has 0 unspecified atom stereocenters. The van der Waals surface area contributed by atoms with Gasteiger partial charge in [-0.2, -0.15) is 0 Å². The zero-order valence-electron chi connectivity index (χ0n) is 10.2. The van der Waals surface area contributed by atoms with E-state index in [1.54, 1.807) is 0 Å². The van der Waals surface area contributed by atoms with Crippen LogP contribution in [0.3, 0.4) is 0 Å². The topological polar surface area (TPSA) is 41.1 Å². The van der Waals surface area contributed by atoms with Crippen molar-refractivity contribution in [2.75, 3.05) is 19.6 Å². The van der Waals surface area contributed by atoms with E-state index in [0.29, 0.717) is 6.54 Å². The second kappa shape index (κ2) is 4.35. The molecule has 4 heteroatoms. The Morgan fingerprint density at radius 2 is 2.00 bits per heavy atom. The first-order valence-corrected chi connectivity index (χ1v) is 6.44. The van der Waals surface area contributed by atoms with Gasteiger partial charge in [0.25, 0.3) is 0 Å². The van der Waals surface area contributed by atoms with Crippen LogP contribution in [-0.4, -0.2) is 25.5 Å². The largest absolute Gasteiger partial charge is 0.355 e. The fourth-order valence-corrected chi connectivity index (χ4v) is 2.40. The second-order valence-corrected chi connectivity index (χ2v) is 5.36. The van der Waals surface area contributed by atoms with E-state index in [9.17, 15) is 9.18 Å². The monoisotopic (exact) mass is 248 g/mol. The molecule has 1 aromatic rings. The van der Waals surface area contributed by atoms with Gasteiger partial charge in [-0.3, -0.25) is 4.79 Å². The molecular formula is C14H17FN2O. The lowest BCUT2D eigenvalue weighted by molar-refractivity contribution is -0.126. The van der Waals surface area contributed by atoms with Crippen LogP contribution in [0.5, 0.6) is 0 Å². The number of hydrogen-bond acceptors (Lipinski definition) is 2. The molecule has 0 bridgehead atoms. The van der Waals surface area contributed by atoms with Gasteiger partial charge < -0.3 is 10.6 Å². The Morgan fingerprint density at radius 1 is 1.33 bits per heavy atom. The Kier molecular flexibility index (Phi) is 2.82. The molecule has 2 fully saturated rings. The van der Waals surface area contributed by atoms with E-state index >= 15 is 0 Å². The molecule has 1 amide bonds. The number of halogens is 1. The standard InChI is InChI=1S/C14H17FN2O/c15-12-3-1-11(2-4-12)14(5-6-14)9-17-13(18)10-7-16-8-10/h1-4,10,16H,5-9H2,(H,17,18). The van der Waals surface area contributed by atoms with E-state index in [-0.39, 0.29) is 23.1 Å². The molecule has 18 heavy (non-hydrogen) atoms. The van der Waals surface area contributed by atoms with Crippen molar-refractivity contribution in [3.05, 3.63) is 35.6 Å². The first kappa shape index (κ1) is 11.7. The predicted octanol–water partition coefficient (Wildman–Crippen LogP) is 1.19. The Bertz CT molecular complexity index is 449. The molecule has 1 heterocycles. The maximum absolute atomic E-state index is 12.9. The lowest BCUT2D eigenvalue weighted by Crippen LogP contribution is -2.51. The summed E-state index contributed by atoms with van der Waals surface area (Å²) in [6, 6.07) is 6.65. The summed E-state index contributed by atoms with van der Waals surface area (Å²) in [7, 11) is 0. The fourth-order valence-electron chi connectivity index (χ4n) is 2.40. The zero-order chi connectivity index (χ0) is 12.6. The van der Waals surface area contributed by atoms with Gasteiger partial charge in [-0.15, -0.1) is 0 Å². The molecule has 0 spiro atoms. The molecule has 2 aliphatic rings. The quantitative estimate of drug-likeness (QED) is 0.840. The Hall–Kier alpha value is -1.42. The molecule has 3 nitrogen and oxygen atoms in total. The predicted molar refractivity (Wildman–Crippen MR) is 66.7 cm³/mol. The first-order chi connectivity index (χ1) is 8.70. The van der Waals surface area contributed by atoms with Crippen LogP contribution in [-0.2, 0) is 10.2 Å².